The van der Waals surface area contributed by atoms with Crippen molar-refractivity contribution in [3.63, 3.8) is 0 Å². The number of aromatic nitrogens is 1. The van der Waals surface area contributed by atoms with E-state index >= 15 is 0 Å². The van der Waals surface area contributed by atoms with E-state index in [1.807, 2.05) is 0 Å². The van der Waals surface area contributed by atoms with Crippen molar-refractivity contribution < 1.29 is 18.3 Å². The zero-order valence-electron chi connectivity index (χ0n) is 9.48. The zero-order valence-corrected chi connectivity index (χ0v) is 9.48. The van der Waals surface area contributed by atoms with E-state index in [0.29, 0.717) is 17.4 Å². The van der Waals surface area contributed by atoms with Gasteiger partial charge in [-0.05, 0) is 25.1 Å². The van der Waals surface area contributed by atoms with Gasteiger partial charge in [0.1, 0.15) is 0 Å². The Morgan fingerprint density at radius 1 is 1.33 bits per heavy atom. The van der Waals surface area contributed by atoms with Crippen LogP contribution in [0.15, 0.2) is 30.5 Å². The lowest BCUT2D eigenvalue weighted by Crippen LogP contribution is -1.96. The van der Waals surface area contributed by atoms with Crippen LogP contribution in [0.3, 0.4) is 0 Å². The molecule has 0 unspecified atom stereocenters. The van der Waals surface area contributed by atoms with Crippen molar-refractivity contribution in [3.8, 4) is 11.6 Å². The Labute approximate surface area is 102 Å². The van der Waals surface area contributed by atoms with Crippen molar-refractivity contribution in [3.05, 3.63) is 53.2 Å². The summed E-state index contributed by atoms with van der Waals surface area (Å²) in [4.78, 5) is 14.4. The number of aldehydes is 1. The van der Waals surface area contributed by atoms with Crippen LogP contribution in [0.1, 0.15) is 15.9 Å². The molecule has 0 N–H and O–H groups in total. The van der Waals surface area contributed by atoms with Crippen LogP contribution in [0.25, 0.3) is 0 Å². The summed E-state index contributed by atoms with van der Waals surface area (Å²) in [6.07, 6.45) is 1.94. The summed E-state index contributed by atoms with van der Waals surface area (Å²) >= 11 is 0. The molecule has 0 radical (unpaired) electrons. The number of hydrogen-bond acceptors (Lipinski definition) is 3. The summed E-state index contributed by atoms with van der Waals surface area (Å²) in [5.41, 5.74) is 0.947. The van der Waals surface area contributed by atoms with Crippen molar-refractivity contribution in [2.24, 2.45) is 0 Å². The van der Waals surface area contributed by atoms with Crippen LogP contribution in [0.4, 0.5) is 8.78 Å². The summed E-state index contributed by atoms with van der Waals surface area (Å²) in [5.74, 6) is -2.18. The molecule has 0 saturated carbocycles. The van der Waals surface area contributed by atoms with Crippen molar-refractivity contribution >= 4 is 6.29 Å². The maximum Gasteiger partial charge on any atom is 0.222 e. The van der Waals surface area contributed by atoms with E-state index in [1.54, 1.807) is 13.0 Å². The van der Waals surface area contributed by atoms with E-state index in [2.05, 4.69) is 4.98 Å². The zero-order chi connectivity index (χ0) is 13.1. The SMILES string of the molecule is Cc1cc(C=O)cnc1Oc1cccc(F)c1F. The molecule has 2 aromatic rings. The van der Waals surface area contributed by atoms with E-state index in [1.165, 1.54) is 18.3 Å². The van der Waals surface area contributed by atoms with Gasteiger partial charge in [-0.3, -0.25) is 4.79 Å². The number of hydrogen-bond donors (Lipinski definition) is 0. The maximum atomic E-state index is 13.4. The first kappa shape index (κ1) is 12.2. The monoisotopic (exact) mass is 249 g/mol. The number of carbonyl (C=O) groups is 1. The quantitative estimate of drug-likeness (QED) is 0.783. The Morgan fingerprint density at radius 3 is 2.78 bits per heavy atom. The van der Waals surface area contributed by atoms with Crippen molar-refractivity contribution in [2.45, 2.75) is 6.92 Å². The predicted molar refractivity (Wildman–Crippen MR) is 60.8 cm³/mol. The third-order valence-electron chi connectivity index (χ3n) is 2.31. The molecule has 3 nitrogen and oxygen atoms in total. The summed E-state index contributed by atoms with van der Waals surface area (Å²) < 4.78 is 31.5. The molecule has 1 aromatic heterocycles. The molecule has 0 bridgehead atoms. The second-order valence-electron chi connectivity index (χ2n) is 3.66. The topological polar surface area (TPSA) is 39.2 Å². The minimum atomic E-state index is -1.07. The van der Waals surface area contributed by atoms with Crippen LogP contribution in [0.5, 0.6) is 11.6 Å². The standard InChI is InChI=1S/C13H9F2NO2/c1-8-5-9(7-17)6-16-13(8)18-11-4-2-3-10(14)12(11)15/h2-7H,1H3. The molecule has 0 aliphatic carbocycles. The minimum Gasteiger partial charge on any atom is -0.436 e. The van der Waals surface area contributed by atoms with Gasteiger partial charge in [0, 0.05) is 17.3 Å². The Kier molecular flexibility index (Phi) is 3.32. The van der Waals surface area contributed by atoms with Gasteiger partial charge in [-0.15, -0.1) is 0 Å². The average Bonchev–Trinajstić information content (AvgIpc) is 2.37. The second kappa shape index (κ2) is 4.91. The number of benzene rings is 1. The van der Waals surface area contributed by atoms with E-state index in [9.17, 15) is 13.6 Å². The average molecular weight is 249 g/mol. The largest absolute Gasteiger partial charge is 0.436 e. The fraction of sp³-hybridized carbons (Fsp3) is 0.0769. The van der Waals surface area contributed by atoms with Gasteiger partial charge in [0.2, 0.25) is 11.7 Å². The Morgan fingerprint density at radius 2 is 2.11 bits per heavy atom. The van der Waals surface area contributed by atoms with Gasteiger partial charge in [0.05, 0.1) is 0 Å². The van der Waals surface area contributed by atoms with Crippen LogP contribution in [-0.4, -0.2) is 11.3 Å². The first-order chi connectivity index (χ1) is 8.61. The Balaban J connectivity index is 2.34. The summed E-state index contributed by atoms with van der Waals surface area (Å²) in [6.45, 7) is 1.66. The molecule has 0 atom stereocenters. The van der Waals surface area contributed by atoms with Gasteiger partial charge in [-0.25, -0.2) is 9.37 Å². The smallest absolute Gasteiger partial charge is 0.222 e. The molecule has 2 rings (SSSR count). The first-order valence-electron chi connectivity index (χ1n) is 5.15. The number of pyridine rings is 1. The Bertz CT molecular complexity index is 600. The second-order valence-corrected chi connectivity index (χ2v) is 3.66. The van der Waals surface area contributed by atoms with Gasteiger partial charge in [0.25, 0.3) is 0 Å². The molecule has 0 saturated heterocycles. The van der Waals surface area contributed by atoms with E-state index in [-0.39, 0.29) is 11.6 Å². The molecular formula is C13H9F2NO2. The molecule has 0 aliphatic heterocycles. The fourth-order valence-electron chi connectivity index (χ4n) is 1.42. The highest BCUT2D eigenvalue weighted by atomic mass is 19.2. The van der Waals surface area contributed by atoms with Crippen LogP contribution >= 0.6 is 0 Å². The molecule has 0 spiro atoms. The number of nitrogens with zero attached hydrogens (tertiary/aromatic N) is 1. The molecule has 5 heteroatoms. The number of rotatable bonds is 3. The summed E-state index contributed by atoms with van der Waals surface area (Å²) in [5, 5.41) is 0. The highest BCUT2D eigenvalue weighted by Crippen LogP contribution is 2.26. The maximum absolute atomic E-state index is 13.4. The lowest BCUT2D eigenvalue weighted by molar-refractivity contribution is 0.112. The molecule has 0 fully saturated rings. The number of halogens is 2. The molecule has 18 heavy (non-hydrogen) atoms. The number of carbonyl (C=O) groups excluding carboxylic acids is 1. The molecule has 0 amide bonds. The summed E-state index contributed by atoms with van der Waals surface area (Å²) in [7, 11) is 0. The number of ether oxygens (including phenoxy) is 1. The molecule has 0 aliphatic rings. The third-order valence-corrected chi connectivity index (χ3v) is 2.31. The fourth-order valence-corrected chi connectivity index (χ4v) is 1.42. The lowest BCUT2D eigenvalue weighted by atomic mass is 10.2. The molecule has 1 heterocycles. The first-order valence-corrected chi connectivity index (χ1v) is 5.15. The number of aryl methyl sites for hydroxylation is 1. The van der Waals surface area contributed by atoms with Crippen molar-refractivity contribution in [1.82, 2.24) is 4.98 Å². The highest BCUT2D eigenvalue weighted by molar-refractivity contribution is 5.74. The van der Waals surface area contributed by atoms with Gasteiger partial charge >= 0.3 is 0 Å². The van der Waals surface area contributed by atoms with Crippen molar-refractivity contribution in [1.29, 1.82) is 0 Å². The minimum absolute atomic E-state index is 0.130. The van der Waals surface area contributed by atoms with Crippen LogP contribution in [0.2, 0.25) is 0 Å². The van der Waals surface area contributed by atoms with Crippen LogP contribution in [-0.2, 0) is 0 Å². The molecule has 1 aromatic carbocycles. The third kappa shape index (κ3) is 2.34. The van der Waals surface area contributed by atoms with Crippen LogP contribution < -0.4 is 4.74 Å². The van der Waals surface area contributed by atoms with Gasteiger partial charge < -0.3 is 4.74 Å². The predicted octanol–water partition coefficient (Wildman–Crippen LogP) is 3.27. The normalized spacial score (nSPS) is 10.2. The van der Waals surface area contributed by atoms with Gasteiger partial charge in [-0.1, -0.05) is 6.07 Å². The highest BCUT2D eigenvalue weighted by Gasteiger charge is 2.11. The lowest BCUT2D eigenvalue weighted by Gasteiger charge is -2.08. The van der Waals surface area contributed by atoms with E-state index < -0.39 is 11.6 Å². The molecular weight excluding hydrogens is 240 g/mol. The van der Waals surface area contributed by atoms with E-state index in [0.717, 1.165) is 6.07 Å². The van der Waals surface area contributed by atoms with E-state index in [4.69, 9.17) is 4.74 Å². The van der Waals surface area contributed by atoms with Crippen molar-refractivity contribution in [2.75, 3.05) is 0 Å². The van der Waals surface area contributed by atoms with Gasteiger partial charge in [-0.2, -0.15) is 4.39 Å². The Hall–Kier alpha value is -2.30. The summed E-state index contributed by atoms with van der Waals surface area (Å²) in [6, 6.07) is 5.18. The van der Waals surface area contributed by atoms with Gasteiger partial charge in [0.15, 0.2) is 17.9 Å². The molecule has 92 valence electrons. The van der Waals surface area contributed by atoms with Crippen LogP contribution in [0, 0.1) is 18.6 Å².